The quantitative estimate of drug-likeness (QED) is 0.0373. The highest BCUT2D eigenvalue weighted by Crippen LogP contribution is 2.48. The Morgan fingerprint density at radius 2 is 1.46 bits per heavy atom. The number of nitrogens with zero attached hydrogens (tertiary/aromatic N) is 2. The number of benzene rings is 1. The first-order chi connectivity index (χ1) is 35.1. The summed E-state index contributed by atoms with van der Waals surface area (Å²) in [7, 11) is 2.63. The highest BCUT2D eigenvalue weighted by atomic mass is 33.1. The molecular formula is C49H77N13O10S2. The highest BCUT2D eigenvalue weighted by Gasteiger charge is 2.42. The van der Waals surface area contributed by atoms with E-state index < -0.39 is 113 Å². The Bertz CT molecular complexity index is 2180. The van der Waals surface area contributed by atoms with Crippen molar-refractivity contribution >= 4 is 86.6 Å². The Morgan fingerprint density at radius 3 is 2.09 bits per heavy atom. The van der Waals surface area contributed by atoms with E-state index in [-0.39, 0.29) is 81.1 Å². The number of carbonyl (C=O) groups is 10. The van der Waals surface area contributed by atoms with Crippen molar-refractivity contribution in [1.82, 2.24) is 42.1 Å². The van der Waals surface area contributed by atoms with Crippen molar-refractivity contribution in [2.24, 2.45) is 39.8 Å². The second-order valence-corrected chi connectivity index (χ2v) is 22.6. The van der Waals surface area contributed by atoms with Crippen molar-refractivity contribution < 1.29 is 47.9 Å². The van der Waals surface area contributed by atoms with E-state index in [0.717, 1.165) is 19.3 Å². The van der Waals surface area contributed by atoms with Crippen LogP contribution in [-0.2, 0) is 54.4 Å². The Hall–Kier alpha value is -6.11. The second-order valence-electron chi connectivity index (χ2n) is 19.8. The SMILES string of the molecule is CC[C@H](C)[C@@H]1NC(=O)CC2(CCCCC2)SSC[C@@H](C(=O)N2CCC[C@@H]2C(=O)N[C@@H](CCCN=C(N)N)C(=O)NCC(N)=O)NC(=O)[C@H](CC(N)=O)NC(=O)[C@H](CC(C)C)NC(=O)[C@@H](Cc2ccccc2)NC1=O. The van der Waals surface area contributed by atoms with Gasteiger partial charge in [0.05, 0.1) is 13.0 Å². The molecule has 10 amide bonds. The molecule has 74 heavy (non-hydrogen) atoms. The van der Waals surface area contributed by atoms with Crippen LogP contribution >= 0.6 is 21.6 Å². The summed E-state index contributed by atoms with van der Waals surface area (Å²) in [6.07, 6.45) is 4.59. The predicted molar refractivity (Wildman–Crippen MR) is 282 cm³/mol. The van der Waals surface area contributed by atoms with Crippen LogP contribution in [0.3, 0.4) is 0 Å². The second kappa shape index (κ2) is 29.7. The molecule has 23 nitrogen and oxygen atoms in total. The van der Waals surface area contributed by atoms with Gasteiger partial charge in [-0.1, -0.05) is 105 Å². The van der Waals surface area contributed by atoms with E-state index in [1.54, 1.807) is 30.3 Å². The molecular weight excluding hydrogens is 995 g/mol. The van der Waals surface area contributed by atoms with Gasteiger partial charge in [0.1, 0.15) is 42.3 Å². The van der Waals surface area contributed by atoms with Gasteiger partial charge in [-0.05, 0) is 62.3 Å². The summed E-state index contributed by atoms with van der Waals surface area (Å²) in [5.41, 5.74) is 22.5. The summed E-state index contributed by atoms with van der Waals surface area (Å²) >= 11 is 0. The van der Waals surface area contributed by atoms with E-state index in [1.165, 1.54) is 26.5 Å². The molecule has 25 heteroatoms. The number of hydrogen-bond acceptors (Lipinski definition) is 13. The Kier molecular flexibility index (Phi) is 24.3. The van der Waals surface area contributed by atoms with Gasteiger partial charge < -0.3 is 65.1 Å². The van der Waals surface area contributed by atoms with E-state index in [9.17, 15) is 47.9 Å². The fraction of sp³-hybridized carbons (Fsp3) is 0.653. The topological polar surface area (TPSA) is 375 Å². The maximum atomic E-state index is 14.9. The van der Waals surface area contributed by atoms with Crippen LogP contribution in [0.25, 0.3) is 0 Å². The van der Waals surface area contributed by atoms with E-state index in [1.807, 2.05) is 27.7 Å². The normalized spacial score (nSPS) is 24.2. The zero-order valence-corrected chi connectivity index (χ0v) is 44.5. The summed E-state index contributed by atoms with van der Waals surface area (Å²) in [5.74, 6) is -8.11. The molecule has 2 aliphatic heterocycles. The van der Waals surface area contributed by atoms with Crippen molar-refractivity contribution in [2.75, 3.05) is 25.4 Å². The molecule has 1 spiro atoms. The zero-order chi connectivity index (χ0) is 54.5. The van der Waals surface area contributed by atoms with Gasteiger partial charge in [-0.25, -0.2) is 0 Å². The third kappa shape index (κ3) is 19.3. The number of carbonyl (C=O) groups excluding carboxylic acids is 10. The minimum atomic E-state index is -1.63. The van der Waals surface area contributed by atoms with Gasteiger partial charge in [-0.15, -0.1) is 0 Å². The molecule has 2 saturated heterocycles. The molecule has 1 aromatic rings. The Balaban J connectivity index is 1.75. The molecule has 410 valence electrons. The molecule has 15 N–H and O–H groups in total. The largest absolute Gasteiger partial charge is 0.370 e. The van der Waals surface area contributed by atoms with Crippen LogP contribution in [0.4, 0.5) is 0 Å². The van der Waals surface area contributed by atoms with Crippen LogP contribution in [0.2, 0.25) is 0 Å². The van der Waals surface area contributed by atoms with E-state index in [0.29, 0.717) is 31.2 Å². The first-order valence-corrected chi connectivity index (χ1v) is 27.8. The van der Waals surface area contributed by atoms with Gasteiger partial charge in [0, 0.05) is 36.4 Å². The van der Waals surface area contributed by atoms with Gasteiger partial charge in [0.15, 0.2) is 5.96 Å². The predicted octanol–water partition coefficient (Wildman–Crippen LogP) is -0.760. The van der Waals surface area contributed by atoms with Crippen molar-refractivity contribution in [2.45, 2.75) is 165 Å². The molecule has 1 aromatic carbocycles. The smallest absolute Gasteiger partial charge is 0.246 e. The summed E-state index contributed by atoms with van der Waals surface area (Å²) in [4.78, 5) is 143. The molecule has 0 aromatic heterocycles. The van der Waals surface area contributed by atoms with Gasteiger partial charge in [0.25, 0.3) is 0 Å². The fourth-order valence-electron chi connectivity index (χ4n) is 9.20. The van der Waals surface area contributed by atoms with Crippen LogP contribution in [0.1, 0.15) is 117 Å². The minimum absolute atomic E-state index is 0.0158. The standard InChI is InChI=1S/C49H77N13O10S2/c1-5-29(4)40-46(71)59-33(23-30-14-8-6-9-15-30)43(68)57-32(22-28(2)3)42(67)58-34(24-37(50)63)44(69)60-35(27-73-74-49(25-39(65)61-40)18-10-7-11-19-49)47(72)62-21-13-17-36(62)45(70)56-31(16-12-20-54-48(52)53)41(66)55-26-38(51)64/h6,8-9,14-15,28-29,31-36,40H,5,7,10-13,16-27H2,1-4H3,(H2,50,63)(H2,51,64)(H,55,66)(H,56,70)(H,57,68)(H,58,67)(H,59,71)(H,60,69)(H,61,65)(H4,52,53,54)/t29-,31-,32-,33+,34-,35-,36+,40-/m0/s1. The summed E-state index contributed by atoms with van der Waals surface area (Å²) in [6.45, 7) is 7.08. The molecule has 3 fully saturated rings. The number of guanidine groups is 1. The number of nitrogens with two attached hydrogens (primary N) is 4. The number of aliphatic imine (C=N–C) groups is 1. The third-order valence-electron chi connectivity index (χ3n) is 13.3. The maximum Gasteiger partial charge on any atom is 0.246 e. The lowest BCUT2D eigenvalue weighted by atomic mass is 9.85. The van der Waals surface area contributed by atoms with Crippen LogP contribution in [0.15, 0.2) is 35.3 Å². The lowest BCUT2D eigenvalue weighted by Crippen LogP contribution is -2.61. The molecule has 4 rings (SSSR count). The first-order valence-electron chi connectivity index (χ1n) is 25.5. The zero-order valence-electron chi connectivity index (χ0n) is 42.9. The Morgan fingerprint density at radius 1 is 0.811 bits per heavy atom. The average Bonchev–Trinajstić information content (AvgIpc) is 3.85. The third-order valence-corrected chi connectivity index (χ3v) is 16.6. The van der Waals surface area contributed by atoms with Crippen LogP contribution in [-0.4, -0.2) is 142 Å². The average molecular weight is 1070 g/mol. The van der Waals surface area contributed by atoms with Gasteiger partial charge in [-0.2, -0.15) is 0 Å². The van der Waals surface area contributed by atoms with Crippen molar-refractivity contribution in [3.63, 3.8) is 0 Å². The number of amides is 10. The first kappa shape index (κ1) is 60.4. The molecule has 3 aliphatic rings. The summed E-state index contributed by atoms with van der Waals surface area (Å²) < 4.78 is -0.660. The Labute approximate surface area is 440 Å². The van der Waals surface area contributed by atoms with Gasteiger partial charge >= 0.3 is 0 Å². The number of primary amides is 2. The minimum Gasteiger partial charge on any atom is -0.370 e. The highest BCUT2D eigenvalue weighted by molar-refractivity contribution is 8.77. The molecule has 8 atom stereocenters. The van der Waals surface area contributed by atoms with E-state index in [4.69, 9.17) is 22.9 Å². The number of hydrogen-bond donors (Lipinski definition) is 11. The fourth-order valence-corrected chi connectivity index (χ4v) is 12.6. The lowest BCUT2D eigenvalue weighted by molar-refractivity contribution is -0.142. The van der Waals surface area contributed by atoms with Crippen molar-refractivity contribution in [3.05, 3.63) is 35.9 Å². The van der Waals surface area contributed by atoms with Crippen molar-refractivity contribution in [3.8, 4) is 0 Å². The summed E-state index contributed by atoms with van der Waals surface area (Å²) in [5, 5.41) is 19.0. The molecule has 0 radical (unpaired) electrons. The van der Waals surface area contributed by atoms with Gasteiger partial charge in [-0.3, -0.25) is 52.9 Å². The number of nitrogens with one attached hydrogen (secondary N) is 7. The summed E-state index contributed by atoms with van der Waals surface area (Å²) in [6, 6.07) is 0.126. The van der Waals surface area contributed by atoms with Crippen LogP contribution in [0, 0.1) is 11.8 Å². The maximum absolute atomic E-state index is 14.9. The van der Waals surface area contributed by atoms with E-state index >= 15 is 0 Å². The van der Waals surface area contributed by atoms with E-state index in [2.05, 4.69) is 42.2 Å². The lowest BCUT2D eigenvalue weighted by Gasteiger charge is -2.37. The molecule has 1 saturated carbocycles. The van der Waals surface area contributed by atoms with Crippen LogP contribution < -0.4 is 60.2 Å². The van der Waals surface area contributed by atoms with Crippen molar-refractivity contribution in [1.29, 1.82) is 0 Å². The molecule has 2 heterocycles. The number of rotatable bonds is 18. The number of likely N-dealkylation sites (tertiary alicyclic amines) is 1. The van der Waals surface area contributed by atoms with Gasteiger partial charge in [0.2, 0.25) is 59.1 Å². The molecule has 0 unspecified atom stereocenters. The van der Waals surface area contributed by atoms with Crippen LogP contribution in [0.5, 0.6) is 0 Å². The molecule has 1 aliphatic carbocycles. The monoisotopic (exact) mass is 1070 g/mol. The molecule has 0 bridgehead atoms.